The molecular weight excluding hydrogens is 312 g/mol. The van der Waals surface area contributed by atoms with E-state index in [0.29, 0.717) is 26.2 Å². The van der Waals surface area contributed by atoms with Crippen molar-refractivity contribution in [3.8, 4) is 0 Å². The second kappa shape index (κ2) is 6.90. The first-order chi connectivity index (χ1) is 11.2. The van der Waals surface area contributed by atoms with E-state index in [1.54, 1.807) is 42.7 Å². The Kier molecular flexibility index (Phi) is 5.11. The molecule has 0 atom stereocenters. The summed E-state index contributed by atoms with van der Waals surface area (Å²) in [5.41, 5.74) is -0.419. The molecule has 1 aromatic carbocycles. The normalized spacial score (nSPS) is 15.1. The minimum absolute atomic E-state index is 0.0166. The molecule has 0 saturated carbocycles. The van der Waals surface area contributed by atoms with Gasteiger partial charge in [0.25, 0.3) is 5.91 Å². The Morgan fingerprint density at radius 3 is 1.96 bits per heavy atom. The number of ether oxygens (including phenoxy) is 1. The summed E-state index contributed by atoms with van der Waals surface area (Å²) >= 11 is 0. The number of carbonyl (C=O) groups is 3. The molecule has 1 saturated heterocycles. The van der Waals surface area contributed by atoms with Gasteiger partial charge in [-0.2, -0.15) is 0 Å². The summed E-state index contributed by atoms with van der Waals surface area (Å²) in [5.74, 6) is -1.47. The fourth-order valence-corrected chi connectivity index (χ4v) is 2.45. The molecule has 0 bridgehead atoms. The third-order valence-corrected chi connectivity index (χ3v) is 3.61. The number of carboxylic acids is 1. The number of piperazine rings is 1. The molecule has 0 radical (unpaired) electrons. The lowest BCUT2D eigenvalue weighted by atomic mass is 10.1. The third-order valence-electron chi connectivity index (χ3n) is 3.61. The average molecular weight is 334 g/mol. The summed E-state index contributed by atoms with van der Waals surface area (Å²) in [6.45, 7) is 6.79. The molecule has 2 rings (SSSR count). The topological polar surface area (TPSA) is 87.2 Å². The molecule has 1 fully saturated rings. The first-order valence-electron chi connectivity index (χ1n) is 7.78. The summed E-state index contributed by atoms with van der Waals surface area (Å²) in [6.07, 6.45) is -0.402. The largest absolute Gasteiger partial charge is 0.478 e. The number of aromatic carboxylic acids is 1. The van der Waals surface area contributed by atoms with Gasteiger partial charge in [-0.1, -0.05) is 12.1 Å². The molecule has 24 heavy (non-hydrogen) atoms. The van der Waals surface area contributed by atoms with Gasteiger partial charge in [0.05, 0.1) is 11.1 Å². The second-order valence-corrected chi connectivity index (χ2v) is 6.61. The van der Waals surface area contributed by atoms with Crippen LogP contribution in [0.3, 0.4) is 0 Å². The number of carboxylic acid groups (broad SMARTS) is 1. The van der Waals surface area contributed by atoms with Crippen molar-refractivity contribution in [1.82, 2.24) is 9.80 Å². The number of nitrogens with zero attached hydrogens (tertiary/aromatic N) is 2. The van der Waals surface area contributed by atoms with Crippen molar-refractivity contribution < 1.29 is 24.2 Å². The second-order valence-electron chi connectivity index (χ2n) is 6.61. The molecule has 0 aliphatic carbocycles. The molecule has 1 aliphatic rings. The summed E-state index contributed by atoms with van der Waals surface area (Å²) in [5, 5.41) is 9.20. The zero-order valence-corrected chi connectivity index (χ0v) is 14.1. The van der Waals surface area contributed by atoms with Crippen LogP contribution in [0, 0.1) is 0 Å². The van der Waals surface area contributed by atoms with Gasteiger partial charge in [0, 0.05) is 26.2 Å². The van der Waals surface area contributed by atoms with Crippen molar-refractivity contribution in [2.45, 2.75) is 26.4 Å². The highest BCUT2D eigenvalue weighted by molar-refractivity contribution is 6.04. The first kappa shape index (κ1) is 17.8. The molecule has 1 aliphatic heterocycles. The summed E-state index contributed by atoms with van der Waals surface area (Å²) < 4.78 is 5.31. The van der Waals surface area contributed by atoms with Crippen LogP contribution < -0.4 is 0 Å². The predicted molar refractivity (Wildman–Crippen MR) is 87.1 cm³/mol. The Labute approximate surface area is 140 Å². The predicted octanol–water partition coefficient (Wildman–Crippen LogP) is 2.08. The van der Waals surface area contributed by atoms with E-state index in [0.717, 1.165) is 0 Å². The highest BCUT2D eigenvalue weighted by atomic mass is 16.6. The van der Waals surface area contributed by atoms with Gasteiger partial charge in [0.1, 0.15) is 5.60 Å². The highest BCUT2D eigenvalue weighted by Crippen LogP contribution is 2.16. The van der Waals surface area contributed by atoms with Gasteiger partial charge in [-0.3, -0.25) is 4.79 Å². The summed E-state index contributed by atoms with van der Waals surface area (Å²) in [4.78, 5) is 38.9. The van der Waals surface area contributed by atoms with Crippen molar-refractivity contribution in [1.29, 1.82) is 0 Å². The molecule has 7 heteroatoms. The van der Waals surface area contributed by atoms with E-state index >= 15 is 0 Å². The van der Waals surface area contributed by atoms with Gasteiger partial charge in [0.2, 0.25) is 0 Å². The van der Waals surface area contributed by atoms with E-state index in [4.69, 9.17) is 4.74 Å². The molecule has 1 N–H and O–H groups in total. The van der Waals surface area contributed by atoms with Crippen LogP contribution in [0.5, 0.6) is 0 Å². The Morgan fingerprint density at radius 2 is 1.46 bits per heavy atom. The molecule has 130 valence electrons. The van der Waals surface area contributed by atoms with E-state index in [-0.39, 0.29) is 17.0 Å². The van der Waals surface area contributed by atoms with E-state index in [1.165, 1.54) is 12.1 Å². The lowest BCUT2D eigenvalue weighted by Crippen LogP contribution is -2.51. The molecule has 7 nitrogen and oxygen atoms in total. The average Bonchev–Trinajstić information content (AvgIpc) is 2.52. The smallest absolute Gasteiger partial charge is 0.410 e. The van der Waals surface area contributed by atoms with Crippen molar-refractivity contribution in [3.63, 3.8) is 0 Å². The monoisotopic (exact) mass is 334 g/mol. The van der Waals surface area contributed by atoms with Crippen molar-refractivity contribution in [2.75, 3.05) is 26.2 Å². The summed E-state index contributed by atoms with van der Waals surface area (Å²) in [7, 11) is 0. The van der Waals surface area contributed by atoms with Crippen molar-refractivity contribution >= 4 is 18.0 Å². The van der Waals surface area contributed by atoms with Crippen LogP contribution in [0.1, 0.15) is 41.5 Å². The van der Waals surface area contributed by atoms with Gasteiger partial charge in [-0.05, 0) is 32.9 Å². The van der Waals surface area contributed by atoms with Gasteiger partial charge in [-0.25, -0.2) is 9.59 Å². The number of hydrogen-bond donors (Lipinski definition) is 1. The van der Waals surface area contributed by atoms with Crippen LogP contribution in [-0.2, 0) is 4.74 Å². The molecule has 1 aromatic rings. The van der Waals surface area contributed by atoms with Crippen LogP contribution in [0.2, 0.25) is 0 Å². The van der Waals surface area contributed by atoms with Gasteiger partial charge in [-0.15, -0.1) is 0 Å². The van der Waals surface area contributed by atoms with Crippen LogP contribution in [-0.4, -0.2) is 64.7 Å². The maximum Gasteiger partial charge on any atom is 0.410 e. The van der Waals surface area contributed by atoms with Gasteiger partial charge < -0.3 is 19.6 Å². The lowest BCUT2D eigenvalue weighted by molar-refractivity contribution is 0.0141. The highest BCUT2D eigenvalue weighted by Gasteiger charge is 2.29. The zero-order chi connectivity index (χ0) is 17.9. The maximum atomic E-state index is 12.6. The van der Waals surface area contributed by atoms with Crippen LogP contribution >= 0.6 is 0 Å². The number of carbonyl (C=O) groups excluding carboxylic acids is 2. The van der Waals surface area contributed by atoms with Crippen LogP contribution in [0.15, 0.2) is 24.3 Å². The lowest BCUT2D eigenvalue weighted by Gasteiger charge is -2.35. The number of benzene rings is 1. The van der Waals surface area contributed by atoms with E-state index in [2.05, 4.69) is 0 Å². The minimum Gasteiger partial charge on any atom is -0.478 e. The van der Waals surface area contributed by atoms with Gasteiger partial charge in [0.15, 0.2) is 0 Å². The summed E-state index contributed by atoms with van der Waals surface area (Å²) in [6, 6.07) is 6.13. The quantitative estimate of drug-likeness (QED) is 0.895. The molecule has 2 amide bonds. The number of hydrogen-bond acceptors (Lipinski definition) is 4. The minimum atomic E-state index is -1.13. The Hall–Kier alpha value is -2.57. The Morgan fingerprint density at radius 1 is 0.958 bits per heavy atom. The number of rotatable bonds is 2. The van der Waals surface area contributed by atoms with Crippen molar-refractivity contribution in [2.24, 2.45) is 0 Å². The molecule has 0 unspecified atom stereocenters. The van der Waals surface area contributed by atoms with E-state index in [1.807, 2.05) is 0 Å². The fourth-order valence-electron chi connectivity index (χ4n) is 2.45. The maximum absolute atomic E-state index is 12.6. The van der Waals surface area contributed by atoms with Gasteiger partial charge >= 0.3 is 12.1 Å². The Bertz CT molecular complexity index is 643. The first-order valence-corrected chi connectivity index (χ1v) is 7.78. The van der Waals surface area contributed by atoms with E-state index in [9.17, 15) is 19.5 Å². The zero-order valence-electron chi connectivity index (χ0n) is 14.1. The van der Waals surface area contributed by atoms with E-state index < -0.39 is 17.7 Å². The molecule has 0 aromatic heterocycles. The SMILES string of the molecule is CC(C)(C)OC(=O)N1CCN(C(=O)c2ccccc2C(=O)O)CC1. The third kappa shape index (κ3) is 4.24. The Balaban J connectivity index is 2.01. The molecule has 0 spiro atoms. The van der Waals surface area contributed by atoms with Crippen LogP contribution in [0.25, 0.3) is 0 Å². The fraction of sp³-hybridized carbons (Fsp3) is 0.471. The molecular formula is C17H22N2O5. The van der Waals surface area contributed by atoms with Crippen LogP contribution in [0.4, 0.5) is 4.79 Å². The standard InChI is InChI=1S/C17H22N2O5/c1-17(2,3)24-16(23)19-10-8-18(9-11-19)14(20)12-6-4-5-7-13(12)15(21)22/h4-7H,8-11H2,1-3H3,(H,21,22). The molecule has 1 heterocycles. The number of amides is 2. The van der Waals surface area contributed by atoms with Crippen molar-refractivity contribution in [3.05, 3.63) is 35.4 Å².